The predicted molar refractivity (Wildman–Crippen MR) is 82.5 cm³/mol. The van der Waals surface area contributed by atoms with Crippen molar-refractivity contribution in [2.75, 3.05) is 0 Å². The first-order valence-corrected chi connectivity index (χ1v) is 7.62. The Bertz CT molecular complexity index is 588. The van der Waals surface area contributed by atoms with Crippen LogP contribution < -0.4 is 0 Å². The van der Waals surface area contributed by atoms with Crippen molar-refractivity contribution < 1.29 is 9.50 Å². The minimum atomic E-state index is -0.660. The highest BCUT2D eigenvalue weighted by Crippen LogP contribution is 2.32. The lowest BCUT2D eigenvalue weighted by Crippen LogP contribution is -1.97. The van der Waals surface area contributed by atoms with E-state index in [0.29, 0.717) is 16.2 Å². The first-order chi connectivity index (χ1) is 9.47. The van der Waals surface area contributed by atoms with Gasteiger partial charge in [-0.1, -0.05) is 41.5 Å². The third kappa shape index (κ3) is 3.62. The van der Waals surface area contributed by atoms with Gasteiger partial charge in [0, 0.05) is 10.6 Å². The molecule has 3 heteroatoms. The number of aryl methyl sites for hydroxylation is 2. The maximum atomic E-state index is 13.9. The molecule has 2 aromatic rings. The van der Waals surface area contributed by atoms with Gasteiger partial charge in [0.05, 0.1) is 6.10 Å². The predicted octanol–water partition coefficient (Wildman–Crippen LogP) is 4.79. The quantitative estimate of drug-likeness (QED) is 0.817. The average molecular weight is 290 g/mol. The normalized spacial score (nSPS) is 12.4. The van der Waals surface area contributed by atoms with Crippen LogP contribution in [0.1, 0.15) is 35.3 Å². The minimum Gasteiger partial charge on any atom is -0.389 e. The molecule has 0 saturated carbocycles. The van der Waals surface area contributed by atoms with Crippen LogP contribution in [0, 0.1) is 19.7 Å². The third-order valence-corrected chi connectivity index (χ3v) is 4.31. The SMILES string of the molecule is Cc1cc(C)cc(CSc2c(F)cccc2[C@@H](C)O)c1. The Kier molecular flexibility index (Phi) is 4.84. The summed E-state index contributed by atoms with van der Waals surface area (Å²) in [7, 11) is 0. The van der Waals surface area contributed by atoms with Crippen LogP contribution in [0.25, 0.3) is 0 Å². The molecular formula is C17H19FOS. The summed E-state index contributed by atoms with van der Waals surface area (Å²) in [6.45, 7) is 5.78. The molecule has 0 unspecified atom stereocenters. The zero-order chi connectivity index (χ0) is 14.7. The zero-order valence-electron chi connectivity index (χ0n) is 12.0. The molecule has 0 aromatic heterocycles. The molecule has 0 saturated heterocycles. The summed E-state index contributed by atoms with van der Waals surface area (Å²) in [4.78, 5) is 0.543. The molecule has 0 bridgehead atoms. The van der Waals surface area contributed by atoms with Crippen molar-refractivity contribution in [3.63, 3.8) is 0 Å². The van der Waals surface area contributed by atoms with Gasteiger partial charge in [-0.3, -0.25) is 0 Å². The van der Waals surface area contributed by atoms with Gasteiger partial charge in [-0.15, -0.1) is 11.8 Å². The second-order valence-corrected chi connectivity index (χ2v) is 6.10. The Morgan fingerprint density at radius 1 is 1.15 bits per heavy atom. The molecule has 0 aliphatic carbocycles. The Morgan fingerprint density at radius 3 is 2.40 bits per heavy atom. The molecule has 0 fully saturated rings. The van der Waals surface area contributed by atoms with Crippen molar-refractivity contribution in [2.45, 2.75) is 37.5 Å². The van der Waals surface area contributed by atoms with Crippen molar-refractivity contribution in [1.29, 1.82) is 0 Å². The van der Waals surface area contributed by atoms with E-state index < -0.39 is 6.10 Å². The average Bonchev–Trinajstić information content (AvgIpc) is 2.35. The molecule has 0 aliphatic heterocycles. The summed E-state index contributed by atoms with van der Waals surface area (Å²) in [5, 5.41) is 9.73. The molecule has 0 aliphatic rings. The van der Waals surface area contributed by atoms with Gasteiger partial charge in [-0.2, -0.15) is 0 Å². The van der Waals surface area contributed by atoms with E-state index in [9.17, 15) is 9.50 Å². The van der Waals surface area contributed by atoms with Crippen LogP contribution in [0.4, 0.5) is 4.39 Å². The van der Waals surface area contributed by atoms with E-state index in [2.05, 4.69) is 32.0 Å². The first kappa shape index (κ1) is 15.1. The number of aliphatic hydroxyl groups is 1. The molecule has 1 nitrogen and oxygen atoms in total. The van der Waals surface area contributed by atoms with Gasteiger partial charge < -0.3 is 5.11 Å². The fourth-order valence-electron chi connectivity index (χ4n) is 2.31. The molecule has 106 valence electrons. The number of benzene rings is 2. The molecule has 0 spiro atoms. The van der Waals surface area contributed by atoms with Gasteiger partial charge in [-0.25, -0.2) is 4.39 Å². The second-order valence-electron chi connectivity index (χ2n) is 5.12. The molecule has 2 rings (SSSR count). The molecule has 0 heterocycles. The van der Waals surface area contributed by atoms with Gasteiger partial charge in [-0.05, 0) is 38.0 Å². The summed E-state index contributed by atoms with van der Waals surface area (Å²) < 4.78 is 13.9. The van der Waals surface area contributed by atoms with Crippen molar-refractivity contribution in [3.8, 4) is 0 Å². The summed E-state index contributed by atoms with van der Waals surface area (Å²) in [6.07, 6.45) is -0.660. The molecule has 0 amide bonds. The van der Waals surface area contributed by atoms with Gasteiger partial charge in [0.2, 0.25) is 0 Å². The van der Waals surface area contributed by atoms with Crippen LogP contribution in [-0.4, -0.2) is 5.11 Å². The maximum Gasteiger partial charge on any atom is 0.137 e. The van der Waals surface area contributed by atoms with Crippen LogP contribution in [0.2, 0.25) is 0 Å². The summed E-state index contributed by atoms with van der Waals surface area (Å²) in [6, 6.07) is 11.2. The summed E-state index contributed by atoms with van der Waals surface area (Å²) in [5.74, 6) is 0.432. The highest BCUT2D eigenvalue weighted by Gasteiger charge is 2.13. The van der Waals surface area contributed by atoms with Crippen molar-refractivity contribution >= 4 is 11.8 Å². The fourth-order valence-corrected chi connectivity index (χ4v) is 3.40. The van der Waals surface area contributed by atoms with E-state index in [4.69, 9.17) is 0 Å². The van der Waals surface area contributed by atoms with E-state index >= 15 is 0 Å². The second kappa shape index (κ2) is 6.42. The van der Waals surface area contributed by atoms with Crippen LogP contribution in [0.5, 0.6) is 0 Å². The highest BCUT2D eigenvalue weighted by atomic mass is 32.2. The highest BCUT2D eigenvalue weighted by molar-refractivity contribution is 7.98. The molecule has 20 heavy (non-hydrogen) atoms. The standard InChI is InChI=1S/C17H19FOS/c1-11-7-12(2)9-14(8-11)10-20-17-15(13(3)19)5-4-6-16(17)18/h4-9,13,19H,10H2,1-3H3/t13-/m1/s1. The van der Waals surface area contributed by atoms with E-state index in [0.717, 1.165) is 0 Å². The van der Waals surface area contributed by atoms with E-state index in [-0.39, 0.29) is 5.82 Å². The first-order valence-electron chi connectivity index (χ1n) is 6.64. The fraction of sp³-hybridized carbons (Fsp3) is 0.294. The van der Waals surface area contributed by atoms with Gasteiger partial charge in [0.25, 0.3) is 0 Å². The van der Waals surface area contributed by atoms with Crippen molar-refractivity contribution in [1.82, 2.24) is 0 Å². The Hall–Kier alpha value is -1.32. The van der Waals surface area contributed by atoms with Gasteiger partial charge in [0.15, 0.2) is 0 Å². The van der Waals surface area contributed by atoms with Crippen LogP contribution in [0.3, 0.4) is 0 Å². The number of aliphatic hydroxyl groups excluding tert-OH is 1. The summed E-state index contributed by atoms with van der Waals surface area (Å²) in [5.41, 5.74) is 4.25. The molecular weight excluding hydrogens is 271 g/mol. The third-order valence-electron chi connectivity index (χ3n) is 3.11. The Balaban J connectivity index is 2.22. The molecule has 1 N–H and O–H groups in total. The lowest BCUT2D eigenvalue weighted by molar-refractivity contribution is 0.195. The number of hydrogen-bond donors (Lipinski definition) is 1. The number of rotatable bonds is 4. The number of thioether (sulfide) groups is 1. The molecule has 1 atom stereocenters. The number of halogens is 1. The molecule has 0 radical (unpaired) electrons. The Morgan fingerprint density at radius 2 is 1.80 bits per heavy atom. The van der Waals surface area contributed by atoms with Crippen LogP contribution >= 0.6 is 11.8 Å². The molecule has 2 aromatic carbocycles. The Labute approximate surface area is 123 Å². The van der Waals surface area contributed by atoms with Gasteiger partial charge in [0.1, 0.15) is 5.82 Å². The van der Waals surface area contributed by atoms with Crippen LogP contribution in [-0.2, 0) is 5.75 Å². The van der Waals surface area contributed by atoms with Crippen molar-refractivity contribution in [3.05, 3.63) is 64.5 Å². The number of hydrogen-bond acceptors (Lipinski definition) is 2. The lowest BCUT2D eigenvalue weighted by Gasteiger charge is -2.13. The lowest BCUT2D eigenvalue weighted by atomic mass is 10.1. The largest absolute Gasteiger partial charge is 0.389 e. The van der Waals surface area contributed by atoms with E-state index in [1.54, 1.807) is 19.1 Å². The zero-order valence-corrected chi connectivity index (χ0v) is 12.8. The van der Waals surface area contributed by atoms with Crippen molar-refractivity contribution in [2.24, 2.45) is 0 Å². The topological polar surface area (TPSA) is 20.2 Å². The van der Waals surface area contributed by atoms with Crippen LogP contribution in [0.15, 0.2) is 41.3 Å². The summed E-state index contributed by atoms with van der Waals surface area (Å²) >= 11 is 1.44. The van der Waals surface area contributed by atoms with E-state index in [1.165, 1.54) is 34.5 Å². The monoisotopic (exact) mass is 290 g/mol. The minimum absolute atomic E-state index is 0.266. The maximum absolute atomic E-state index is 13.9. The van der Waals surface area contributed by atoms with E-state index in [1.807, 2.05) is 0 Å². The van der Waals surface area contributed by atoms with Gasteiger partial charge >= 0.3 is 0 Å². The smallest absolute Gasteiger partial charge is 0.137 e.